The fraction of sp³-hybridized carbons (Fsp3) is 0.294. The third-order valence-electron chi connectivity index (χ3n) is 4.69. The third-order valence-corrected chi connectivity index (χ3v) is 4.98. The minimum Gasteiger partial charge on any atom is -0.317 e. The molecule has 112 valence electrons. The van der Waals surface area contributed by atoms with E-state index in [-0.39, 0.29) is 10.9 Å². The number of benzene rings is 1. The van der Waals surface area contributed by atoms with E-state index in [0.29, 0.717) is 5.84 Å². The van der Waals surface area contributed by atoms with Crippen molar-refractivity contribution in [1.29, 1.82) is 0 Å². The van der Waals surface area contributed by atoms with Gasteiger partial charge in [0.1, 0.15) is 17.2 Å². The van der Waals surface area contributed by atoms with Gasteiger partial charge in [-0.25, -0.2) is 4.39 Å². The van der Waals surface area contributed by atoms with Gasteiger partial charge in [-0.05, 0) is 48.3 Å². The number of halogens is 2. The number of amides is 1. The first-order valence-electron chi connectivity index (χ1n) is 7.38. The van der Waals surface area contributed by atoms with Crippen molar-refractivity contribution < 1.29 is 9.18 Å². The van der Waals surface area contributed by atoms with Crippen LogP contribution >= 0.6 is 11.6 Å². The van der Waals surface area contributed by atoms with Crippen LogP contribution in [0, 0.1) is 5.82 Å². The minimum atomic E-state index is -0.505. The Morgan fingerprint density at radius 1 is 1.23 bits per heavy atom. The zero-order chi connectivity index (χ0) is 15.3. The van der Waals surface area contributed by atoms with Crippen LogP contribution in [0.5, 0.6) is 0 Å². The Labute approximate surface area is 132 Å². The number of carbonyl (C=O) groups is 1. The molecule has 1 aromatic carbocycles. The number of hydrogen-bond acceptors (Lipinski definition) is 2. The largest absolute Gasteiger partial charge is 0.317 e. The highest BCUT2D eigenvalue weighted by Crippen LogP contribution is 2.42. The summed E-state index contributed by atoms with van der Waals surface area (Å²) in [7, 11) is 0. The van der Waals surface area contributed by atoms with E-state index in [1.165, 1.54) is 6.07 Å². The van der Waals surface area contributed by atoms with E-state index in [1.54, 1.807) is 12.1 Å². The zero-order valence-electron chi connectivity index (χ0n) is 11.9. The maximum atomic E-state index is 13.3. The number of nitrogens with zero attached hydrogens (tertiary/aromatic N) is 2. The highest BCUT2D eigenvalue weighted by atomic mass is 35.5. The molecule has 0 aromatic heterocycles. The monoisotopic (exact) mass is 316 g/mol. The molecule has 1 aliphatic carbocycles. The van der Waals surface area contributed by atoms with Crippen LogP contribution in [0.3, 0.4) is 0 Å². The number of hydrogen-bond donors (Lipinski definition) is 0. The number of amidine groups is 1. The lowest BCUT2D eigenvalue weighted by atomic mass is 9.94. The van der Waals surface area contributed by atoms with Gasteiger partial charge >= 0.3 is 0 Å². The van der Waals surface area contributed by atoms with Crippen molar-refractivity contribution >= 4 is 28.9 Å². The molecule has 2 aliphatic heterocycles. The topological polar surface area (TPSA) is 32.7 Å². The fourth-order valence-electron chi connectivity index (χ4n) is 3.50. The fourth-order valence-corrected chi connectivity index (χ4v) is 3.68. The molecule has 0 bridgehead atoms. The van der Waals surface area contributed by atoms with Gasteiger partial charge < -0.3 is 4.90 Å². The van der Waals surface area contributed by atoms with Crippen LogP contribution in [0.2, 0.25) is 5.02 Å². The van der Waals surface area contributed by atoms with Crippen molar-refractivity contribution in [3.8, 4) is 0 Å². The maximum Gasteiger partial charge on any atom is 0.273 e. The second kappa shape index (κ2) is 4.78. The van der Waals surface area contributed by atoms with Crippen molar-refractivity contribution in [2.24, 2.45) is 4.99 Å². The molecule has 1 amide bonds. The van der Waals surface area contributed by atoms with Crippen molar-refractivity contribution in [3.05, 3.63) is 53.0 Å². The van der Waals surface area contributed by atoms with Gasteiger partial charge in [-0.15, -0.1) is 0 Å². The number of allylic oxidation sites excluding steroid dienone is 2. The van der Waals surface area contributed by atoms with E-state index in [2.05, 4.69) is 4.99 Å². The molecule has 1 fully saturated rings. The lowest BCUT2D eigenvalue weighted by Gasteiger charge is -2.34. The second-order valence-corrected chi connectivity index (χ2v) is 6.34. The number of rotatable bonds is 1. The first kappa shape index (κ1) is 13.7. The molecule has 0 N–H and O–H groups in total. The minimum absolute atomic E-state index is 0.0423. The van der Waals surface area contributed by atoms with Gasteiger partial charge in [0.05, 0.1) is 5.02 Å². The van der Waals surface area contributed by atoms with Gasteiger partial charge in [0.2, 0.25) is 0 Å². The Morgan fingerprint density at radius 3 is 2.73 bits per heavy atom. The summed E-state index contributed by atoms with van der Waals surface area (Å²) in [4.78, 5) is 18.5. The molecule has 0 unspecified atom stereocenters. The lowest BCUT2D eigenvalue weighted by Crippen LogP contribution is -2.46. The van der Waals surface area contributed by atoms with E-state index in [0.717, 1.165) is 36.8 Å². The van der Waals surface area contributed by atoms with E-state index in [1.807, 2.05) is 23.3 Å². The summed E-state index contributed by atoms with van der Waals surface area (Å²) >= 11 is 5.87. The van der Waals surface area contributed by atoms with Crippen molar-refractivity contribution in [1.82, 2.24) is 4.90 Å². The van der Waals surface area contributed by atoms with Gasteiger partial charge in [-0.3, -0.25) is 4.79 Å². The Balaban J connectivity index is 1.76. The summed E-state index contributed by atoms with van der Waals surface area (Å²) in [5, 5.41) is 0.0966. The Kier molecular flexibility index (Phi) is 2.98. The zero-order valence-corrected chi connectivity index (χ0v) is 12.6. The van der Waals surface area contributed by atoms with Crippen LogP contribution in [0.15, 0.2) is 41.5 Å². The predicted molar refractivity (Wildman–Crippen MR) is 84.0 cm³/mol. The molecule has 4 rings (SSSR count). The van der Waals surface area contributed by atoms with Crippen molar-refractivity contribution in [2.45, 2.75) is 31.2 Å². The number of aliphatic imine (C=N–C) groups is 1. The average molecular weight is 317 g/mol. The highest BCUT2D eigenvalue weighted by Gasteiger charge is 2.51. The van der Waals surface area contributed by atoms with Gasteiger partial charge in [-0.2, -0.15) is 4.99 Å². The molecule has 3 nitrogen and oxygen atoms in total. The summed E-state index contributed by atoms with van der Waals surface area (Å²) in [6.07, 6.45) is 9.43. The number of carbonyl (C=O) groups excluding carboxylic acids is 1. The Bertz CT molecular complexity index is 760. The molecule has 2 heterocycles. The van der Waals surface area contributed by atoms with Gasteiger partial charge in [0.25, 0.3) is 5.91 Å². The van der Waals surface area contributed by atoms with Crippen LogP contribution in [0.1, 0.15) is 31.2 Å². The van der Waals surface area contributed by atoms with E-state index in [9.17, 15) is 9.18 Å². The molecular formula is C17H14ClFN2O. The van der Waals surface area contributed by atoms with E-state index < -0.39 is 11.4 Å². The normalized spacial score (nSPS) is 22.1. The molecule has 1 spiro atoms. The Hall–Kier alpha value is -1.94. The van der Waals surface area contributed by atoms with E-state index in [4.69, 9.17) is 11.6 Å². The smallest absolute Gasteiger partial charge is 0.273 e. The second-order valence-electron chi connectivity index (χ2n) is 5.93. The molecule has 1 saturated carbocycles. The molecule has 3 aliphatic rings. The van der Waals surface area contributed by atoms with Gasteiger partial charge in [0.15, 0.2) is 0 Å². The highest BCUT2D eigenvalue weighted by molar-refractivity contribution is 6.31. The molecule has 22 heavy (non-hydrogen) atoms. The summed E-state index contributed by atoms with van der Waals surface area (Å²) in [5.41, 5.74) is 1.23. The Morgan fingerprint density at radius 2 is 2.00 bits per heavy atom. The van der Waals surface area contributed by atoms with Crippen LogP contribution < -0.4 is 0 Å². The summed E-state index contributed by atoms with van der Waals surface area (Å²) < 4.78 is 13.3. The van der Waals surface area contributed by atoms with Crippen LogP contribution in [-0.4, -0.2) is 22.2 Å². The molecule has 1 aromatic rings. The molecule has 0 radical (unpaired) electrons. The van der Waals surface area contributed by atoms with E-state index >= 15 is 0 Å². The number of fused-ring (bicyclic) bond motifs is 2. The SMILES string of the molecule is O=C1N=C2C=CC(c3ccc(F)c(Cl)c3)=CN2C12CCCC2. The van der Waals surface area contributed by atoms with Crippen LogP contribution in [0.25, 0.3) is 5.57 Å². The van der Waals surface area contributed by atoms with Crippen molar-refractivity contribution in [2.75, 3.05) is 0 Å². The van der Waals surface area contributed by atoms with Crippen LogP contribution in [-0.2, 0) is 4.79 Å². The molecule has 0 atom stereocenters. The predicted octanol–water partition coefficient (Wildman–Crippen LogP) is 3.94. The lowest BCUT2D eigenvalue weighted by molar-refractivity contribution is -0.124. The summed E-state index contributed by atoms with van der Waals surface area (Å²) in [6, 6.07) is 4.66. The summed E-state index contributed by atoms with van der Waals surface area (Å²) in [5.74, 6) is 0.222. The maximum absolute atomic E-state index is 13.3. The average Bonchev–Trinajstić information content (AvgIpc) is 3.10. The van der Waals surface area contributed by atoms with Crippen LogP contribution in [0.4, 0.5) is 4.39 Å². The van der Waals surface area contributed by atoms with Gasteiger partial charge in [0, 0.05) is 6.20 Å². The van der Waals surface area contributed by atoms with Crippen molar-refractivity contribution in [3.63, 3.8) is 0 Å². The third kappa shape index (κ3) is 1.87. The standard InChI is InChI=1S/C17H14ClFN2O/c18-13-9-11(3-5-14(13)19)12-4-6-15-20-16(22)17(21(15)10-12)7-1-2-8-17/h3-6,9-10H,1-2,7-8H2. The first-order chi connectivity index (χ1) is 10.6. The quantitative estimate of drug-likeness (QED) is 0.786. The summed E-state index contributed by atoms with van der Waals surface area (Å²) in [6.45, 7) is 0. The van der Waals surface area contributed by atoms with Gasteiger partial charge in [-0.1, -0.05) is 30.5 Å². The molecule has 5 heteroatoms. The molecule has 0 saturated heterocycles. The molecular weight excluding hydrogens is 303 g/mol. The first-order valence-corrected chi connectivity index (χ1v) is 7.76.